The molecule has 0 fully saturated rings. The van der Waals surface area contributed by atoms with Crippen LogP contribution in [0.5, 0.6) is 0 Å². The van der Waals surface area contributed by atoms with E-state index in [9.17, 15) is 8.78 Å². The summed E-state index contributed by atoms with van der Waals surface area (Å²) in [6.07, 6.45) is 1.26. The van der Waals surface area contributed by atoms with E-state index in [1.54, 1.807) is 0 Å². The van der Waals surface area contributed by atoms with Crippen molar-refractivity contribution in [3.05, 3.63) is 24.5 Å². The average Bonchev–Trinajstić information content (AvgIpc) is 2.47. The van der Waals surface area contributed by atoms with Gasteiger partial charge in [0, 0.05) is 19.2 Å². The second-order valence-electron chi connectivity index (χ2n) is 3.23. The van der Waals surface area contributed by atoms with Gasteiger partial charge in [-0.25, -0.2) is 8.78 Å². The molecule has 0 atom stereocenters. The van der Waals surface area contributed by atoms with Gasteiger partial charge in [-0.3, -0.25) is 4.68 Å². The van der Waals surface area contributed by atoms with Crippen LogP contribution >= 0.6 is 0 Å². The first-order chi connectivity index (χ1) is 6.38. The van der Waals surface area contributed by atoms with E-state index < -0.39 is 5.92 Å². The van der Waals surface area contributed by atoms with Crippen molar-refractivity contribution in [2.24, 2.45) is 0 Å². The molecule has 0 aliphatic carbocycles. The molecule has 14 heavy (non-hydrogen) atoms. The van der Waals surface area contributed by atoms with Crippen molar-refractivity contribution in [3.8, 4) is 0 Å². The van der Waals surface area contributed by atoms with Crippen LogP contribution in [-0.4, -0.2) is 20.8 Å². The zero-order valence-corrected chi connectivity index (χ0v) is 7.87. The Bertz CT molecular complexity index is 328. The maximum Gasteiger partial charge on any atom is 0.247 e. The van der Waals surface area contributed by atoms with Gasteiger partial charge in [-0.1, -0.05) is 6.58 Å². The van der Waals surface area contributed by atoms with E-state index in [0.717, 1.165) is 6.92 Å². The molecule has 1 rings (SSSR count). The SMILES string of the molecule is C=C(O)c1ccn(CCC(C)(F)F)n1. The molecular formula is C9H12F2N2O. The molecule has 0 aliphatic heterocycles. The van der Waals surface area contributed by atoms with Gasteiger partial charge in [-0.05, 0) is 13.0 Å². The molecule has 0 amide bonds. The third-order valence-electron chi connectivity index (χ3n) is 1.72. The lowest BCUT2D eigenvalue weighted by Crippen LogP contribution is -2.14. The monoisotopic (exact) mass is 202 g/mol. The highest BCUT2D eigenvalue weighted by atomic mass is 19.3. The fourth-order valence-corrected chi connectivity index (χ4v) is 0.951. The number of hydrogen-bond acceptors (Lipinski definition) is 2. The molecule has 0 aromatic carbocycles. The topological polar surface area (TPSA) is 38.0 Å². The lowest BCUT2D eigenvalue weighted by atomic mass is 10.3. The fraction of sp³-hybridized carbons (Fsp3) is 0.444. The van der Waals surface area contributed by atoms with Crippen LogP contribution in [0.1, 0.15) is 19.0 Å². The number of aliphatic hydroxyl groups is 1. The van der Waals surface area contributed by atoms with Crippen molar-refractivity contribution in [1.82, 2.24) is 9.78 Å². The maximum absolute atomic E-state index is 12.5. The van der Waals surface area contributed by atoms with Crippen molar-refractivity contribution in [1.29, 1.82) is 0 Å². The first kappa shape index (κ1) is 10.7. The van der Waals surface area contributed by atoms with Crippen molar-refractivity contribution in [2.75, 3.05) is 0 Å². The van der Waals surface area contributed by atoms with Crippen molar-refractivity contribution < 1.29 is 13.9 Å². The fourth-order valence-electron chi connectivity index (χ4n) is 0.951. The highest BCUT2D eigenvalue weighted by Crippen LogP contribution is 2.17. The number of hydrogen-bond donors (Lipinski definition) is 1. The third kappa shape index (κ3) is 3.16. The standard InChI is InChI=1S/C9H12F2N2O/c1-7(14)8-3-5-13(12-8)6-4-9(2,10)11/h3,5,14H,1,4,6H2,2H3. The summed E-state index contributed by atoms with van der Waals surface area (Å²) in [6.45, 7) is 4.26. The summed E-state index contributed by atoms with van der Waals surface area (Å²) in [5, 5.41) is 12.8. The van der Waals surface area contributed by atoms with E-state index >= 15 is 0 Å². The number of aromatic nitrogens is 2. The zero-order valence-electron chi connectivity index (χ0n) is 7.87. The van der Waals surface area contributed by atoms with Crippen molar-refractivity contribution in [3.63, 3.8) is 0 Å². The van der Waals surface area contributed by atoms with Crippen LogP contribution < -0.4 is 0 Å². The first-order valence-electron chi connectivity index (χ1n) is 4.18. The molecule has 1 heterocycles. The highest BCUT2D eigenvalue weighted by molar-refractivity contribution is 5.50. The van der Waals surface area contributed by atoms with Crippen LogP contribution in [0, 0.1) is 0 Å². The Morgan fingerprint density at radius 1 is 1.71 bits per heavy atom. The van der Waals surface area contributed by atoms with Crippen LogP contribution in [-0.2, 0) is 6.54 Å². The summed E-state index contributed by atoms with van der Waals surface area (Å²) in [4.78, 5) is 0. The maximum atomic E-state index is 12.5. The molecule has 0 radical (unpaired) electrons. The lowest BCUT2D eigenvalue weighted by molar-refractivity contribution is 0.00778. The summed E-state index contributed by atoms with van der Waals surface area (Å²) in [5.74, 6) is -2.85. The number of aliphatic hydroxyl groups excluding tert-OH is 1. The number of rotatable bonds is 4. The van der Waals surface area contributed by atoms with E-state index in [1.807, 2.05) is 0 Å². The van der Waals surface area contributed by atoms with Gasteiger partial charge >= 0.3 is 0 Å². The minimum Gasteiger partial charge on any atom is -0.506 e. The van der Waals surface area contributed by atoms with Gasteiger partial charge in [0.1, 0.15) is 11.5 Å². The summed E-state index contributed by atoms with van der Waals surface area (Å²) >= 11 is 0. The number of alkyl halides is 2. The number of halogens is 2. The normalized spacial score (nSPS) is 11.6. The highest BCUT2D eigenvalue weighted by Gasteiger charge is 2.20. The Balaban J connectivity index is 2.56. The summed E-state index contributed by atoms with van der Waals surface area (Å²) < 4.78 is 26.3. The van der Waals surface area contributed by atoms with Gasteiger partial charge in [-0.2, -0.15) is 5.10 Å². The number of aryl methyl sites for hydroxylation is 1. The Morgan fingerprint density at radius 3 is 2.79 bits per heavy atom. The quantitative estimate of drug-likeness (QED) is 0.761. The second kappa shape index (κ2) is 3.77. The minimum absolute atomic E-state index is 0.122. The second-order valence-corrected chi connectivity index (χ2v) is 3.23. The smallest absolute Gasteiger partial charge is 0.247 e. The number of nitrogens with zero attached hydrogens (tertiary/aromatic N) is 2. The molecule has 0 unspecified atom stereocenters. The van der Waals surface area contributed by atoms with Crippen LogP contribution in [0.3, 0.4) is 0 Å². The lowest BCUT2D eigenvalue weighted by Gasteiger charge is -2.09. The van der Waals surface area contributed by atoms with E-state index in [2.05, 4.69) is 11.7 Å². The third-order valence-corrected chi connectivity index (χ3v) is 1.72. The molecule has 0 saturated heterocycles. The van der Waals surface area contributed by atoms with Crippen LogP contribution in [0.25, 0.3) is 5.76 Å². The molecular weight excluding hydrogens is 190 g/mol. The molecule has 5 heteroatoms. The van der Waals surface area contributed by atoms with Crippen molar-refractivity contribution >= 4 is 5.76 Å². The Hall–Kier alpha value is -1.39. The minimum atomic E-state index is -2.69. The Kier molecular flexibility index (Phi) is 2.88. The van der Waals surface area contributed by atoms with Gasteiger partial charge in [0.25, 0.3) is 0 Å². The largest absolute Gasteiger partial charge is 0.506 e. The van der Waals surface area contributed by atoms with Gasteiger partial charge in [0.2, 0.25) is 5.92 Å². The van der Waals surface area contributed by atoms with Gasteiger partial charge in [0.05, 0.1) is 0 Å². The molecule has 0 bridgehead atoms. The average molecular weight is 202 g/mol. The van der Waals surface area contributed by atoms with Crippen molar-refractivity contribution in [2.45, 2.75) is 25.8 Å². The van der Waals surface area contributed by atoms with E-state index in [-0.39, 0.29) is 18.7 Å². The summed E-state index contributed by atoms with van der Waals surface area (Å²) in [5.41, 5.74) is 0.310. The predicted octanol–water partition coefficient (Wildman–Crippen LogP) is 2.46. The molecule has 1 N–H and O–H groups in total. The molecule has 0 saturated carbocycles. The summed E-state index contributed by atoms with van der Waals surface area (Å²) in [6, 6.07) is 1.52. The summed E-state index contributed by atoms with van der Waals surface area (Å²) in [7, 11) is 0. The van der Waals surface area contributed by atoms with Gasteiger partial charge < -0.3 is 5.11 Å². The van der Waals surface area contributed by atoms with E-state index in [1.165, 1.54) is 16.9 Å². The van der Waals surface area contributed by atoms with Gasteiger partial charge in [-0.15, -0.1) is 0 Å². The molecule has 78 valence electrons. The van der Waals surface area contributed by atoms with Crippen LogP contribution in [0.4, 0.5) is 8.78 Å². The molecule has 0 aliphatic rings. The molecule has 1 aromatic rings. The van der Waals surface area contributed by atoms with Crippen LogP contribution in [0.2, 0.25) is 0 Å². The Labute approximate surface area is 80.7 Å². The predicted molar refractivity (Wildman–Crippen MR) is 49.1 cm³/mol. The first-order valence-corrected chi connectivity index (χ1v) is 4.18. The zero-order chi connectivity index (χ0) is 10.8. The van der Waals surface area contributed by atoms with E-state index in [4.69, 9.17) is 5.11 Å². The van der Waals surface area contributed by atoms with E-state index in [0.29, 0.717) is 5.69 Å². The molecule has 1 aromatic heterocycles. The van der Waals surface area contributed by atoms with Gasteiger partial charge in [0.15, 0.2) is 0 Å². The van der Waals surface area contributed by atoms with Crippen LogP contribution in [0.15, 0.2) is 18.8 Å². The Morgan fingerprint density at radius 2 is 2.36 bits per heavy atom. The molecule has 0 spiro atoms. The molecule has 3 nitrogen and oxygen atoms in total.